The van der Waals surface area contributed by atoms with Crippen LogP contribution >= 0.6 is 11.6 Å². The molecule has 1 saturated heterocycles. The van der Waals surface area contributed by atoms with Gasteiger partial charge < -0.3 is 14.5 Å². The van der Waals surface area contributed by atoms with Gasteiger partial charge in [0.2, 0.25) is 5.91 Å². The van der Waals surface area contributed by atoms with Gasteiger partial charge in [-0.15, -0.1) is 0 Å². The van der Waals surface area contributed by atoms with Crippen LogP contribution in [-0.2, 0) is 16.1 Å². The molecule has 1 fully saturated rings. The molecule has 6 heteroatoms. The van der Waals surface area contributed by atoms with E-state index in [0.29, 0.717) is 23.7 Å². The first kappa shape index (κ1) is 18.3. The molecule has 0 bridgehead atoms. The molecule has 0 N–H and O–H groups in total. The molecule has 136 valence electrons. The highest BCUT2D eigenvalue weighted by molar-refractivity contribution is 6.30. The Morgan fingerprint density at radius 3 is 2.46 bits per heavy atom. The summed E-state index contributed by atoms with van der Waals surface area (Å²) < 4.78 is 5.57. The number of amides is 2. The van der Waals surface area contributed by atoms with Crippen molar-refractivity contribution in [3.8, 4) is 5.75 Å². The zero-order chi connectivity index (χ0) is 18.5. The second-order valence-electron chi connectivity index (χ2n) is 6.31. The first-order chi connectivity index (χ1) is 12.5. The summed E-state index contributed by atoms with van der Waals surface area (Å²) in [6.45, 7) is 1.22. The maximum absolute atomic E-state index is 12.2. The third kappa shape index (κ3) is 4.55. The summed E-state index contributed by atoms with van der Waals surface area (Å²) in [6, 6.07) is 14.7. The van der Waals surface area contributed by atoms with Gasteiger partial charge in [-0.05, 0) is 48.4 Å². The van der Waals surface area contributed by atoms with Gasteiger partial charge in [-0.25, -0.2) is 0 Å². The molecule has 2 aromatic rings. The lowest BCUT2D eigenvalue weighted by molar-refractivity contribution is -0.132. The SMILES string of the molecule is CN(Cc1ccc(Cl)cc1)C(=O)COc1ccc(N2CCCC2=O)cc1. The molecule has 1 aliphatic heterocycles. The molecule has 0 radical (unpaired) electrons. The van der Waals surface area contributed by atoms with Gasteiger partial charge in [0.15, 0.2) is 6.61 Å². The van der Waals surface area contributed by atoms with E-state index in [1.165, 1.54) is 0 Å². The Labute approximate surface area is 158 Å². The van der Waals surface area contributed by atoms with Crippen molar-refractivity contribution in [1.29, 1.82) is 0 Å². The topological polar surface area (TPSA) is 49.9 Å². The van der Waals surface area contributed by atoms with Crippen LogP contribution in [0.4, 0.5) is 5.69 Å². The Bertz CT molecular complexity index is 775. The lowest BCUT2D eigenvalue weighted by Crippen LogP contribution is -2.30. The number of rotatable bonds is 6. The molecule has 0 aliphatic carbocycles. The van der Waals surface area contributed by atoms with Gasteiger partial charge >= 0.3 is 0 Å². The van der Waals surface area contributed by atoms with Crippen LogP contribution in [0.15, 0.2) is 48.5 Å². The minimum Gasteiger partial charge on any atom is -0.484 e. The minimum atomic E-state index is -0.112. The quantitative estimate of drug-likeness (QED) is 0.779. The summed E-state index contributed by atoms with van der Waals surface area (Å²) in [5.41, 5.74) is 1.87. The van der Waals surface area contributed by atoms with E-state index in [2.05, 4.69) is 0 Å². The fraction of sp³-hybridized carbons (Fsp3) is 0.300. The third-order valence-corrected chi connectivity index (χ3v) is 4.59. The molecule has 0 saturated carbocycles. The smallest absolute Gasteiger partial charge is 0.260 e. The molecular formula is C20H21ClN2O3. The predicted molar refractivity (Wildman–Crippen MR) is 101 cm³/mol. The summed E-state index contributed by atoms with van der Waals surface area (Å²) in [6.07, 6.45) is 1.50. The van der Waals surface area contributed by atoms with E-state index in [1.807, 2.05) is 24.3 Å². The van der Waals surface area contributed by atoms with E-state index < -0.39 is 0 Å². The molecule has 2 amide bonds. The lowest BCUT2D eigenvalue weighted by atomic mass is 10.2. The van der Waals surface area contributed by atoms with E-state index >= 15 is 0 Å². The van der Waals surface area contributed by atoms with Crippen molar-refractivity contribution in [2.45, 2.75) is 19.4 Å². The number of halogens is 1. The summed E-state index contributed by atoms with van der Waals surface area (Å²) >= 11 is 5.87. The van der Waals surface area contributed by atoms with E-state index in [4.69, 9.17) is 16.3 Å². The van der Waals surface area contributed by atoms with Crippen LogP contribution in [0.5, 0.6) is 5.75 Å². The van der Waals surface area contributed by atoms with Crippen molar-refractivity contribution in [1.82, 2.24) is 4.90 Å². The molecule has 3 rings (SSSR count). The van der Waals surface area contributed by atoms with Gasteiger partial charge in [0.1, 0.15) is 5.75 Å². The Hall–Kier alpha value is -2.53. The van der Waals surface area contributed by atoms with Crippen LogP contribution < -0.4 is 9.64 Å². The van der Waals surface area contributed by atoms with E-state index in [-0.39, 0.29) is 18.4 Å². The molecule has 0 spiro atoms. The second-order valence-corrected chi connectivity index (χ2v) is 6.74. The number of carbonyl (C=O) groups is 2. The van der Waals surface area contributed by atoms with Gasteiger partial charge in [-0.3, -0.25) is 9.59 Å². The normalized spacial score (nSPS) is 13.8. The van der Waals surface area contributed by atoms with Crippen LogP contribution in [0.3, 0.4) is 0 Å². The fourth-order valence-electron chi connectivity index (χ4n) is 2.85. The molecule has 26 heavy (non-hydrogen) atoms. The maximum atomic E-state index is 12.2. The van der Waals surface area contributed by atoms with Gasteiger partial charge in [-0.1, -0.05) is 23.7 Å². The first-order valence-electron chi connectivity index (χ1n) is 8.54. The van der Waals surface area contributed by atoms with Crippen molar-refractivity contribution >= 4 is 29.1 Å². The number of likely N-dealkylation sites (N-methyl/N-ethyl adjacent to an activating group) is 1. The average molecular weight is 373 g/mol. The maximum Gasteiger partial charge on any atom is 0.260 e. The third-order valence-electron chi connectivity index (χ3n) is 4.34. The summed E-state index contributed by atoms with van der Waals surface area (Å²) in [4.78, 5) is 27.4. The lowest BCUT2D eigenvalue weighted by Gasteiger charge is -2.18. The average Bonchev–Trinajstić information content (AvgIpc) is 3.08. The highest BCUT2D eigenvalue weighted by Crippen LogP contribution is 2.24. The summed E-state index contributed by atoms with van der Waals surface area (Å²) in [7, 11) is 1.74. The Kier molecular flexibility index (Phi) is 5.78. The van der Waals surface area contributed by atoms with Gasteiger partial charge in [-0.2, -0.15) is 0 Å². The molecular weight excluding hydrogens is 352 g/mol. The van der Waals surface area contributed by atoms with Crippen LogP contribution in [0.1, 0.15) is 18.4 Å². The highest BCUT2D eigenvalue weighted by Gasteiger charge is 2.21. The number of nitrogens with zero attached hydrogens (tertiary/aromatic N) is 2. The van der Waals surface area contributed by atoms with Crippen LogP contribution in [0.25, 0.3) is 0 Å². The zero-order valence-electron chi connectivity index (χ0n) is 14.7. The van der Waals surface area contributed by atoms with E-state index in [0.717, 1.165) is 24.2 Å². The standard InChI is InChI=1S/C20H21ClN2O3/c1-22(13-15-4-6-16(21)7-5-15)20(25)14-26-18-10-8-17(9-11-18)23-12-2-3-19(23)24/h4-11H,2-3,12-14H2,1H3. The monoisotopic (exact) mass is 372 g/mol. The number of benzene rings is 2. The van der Waals surface area contributed by atoms with Crippen molar-refractivity contribution < 1.29 is 14.3 Å². The van der Waals surface area contributed by atoms with Crippen molar-refractivity contribution in [2.24, 2.45) is 0 Å². The molecule has 0 atom stereocenters. The summed E-state index contributed by atoms with van der Waals surface area (Å²) in [5.74, 6) is 0.644. The molecule has 5 nitrogen and oxygen atoms in total. The molecule has 1 heterocycles. The zero-order valence-corrected chi connectivity index (χ0v) is 15.4. The Morgan fingerprint density at radius 1 is 1.15 bits per heavy atom. The van der Waals surface area contributed by atoms with E-state index in [9.17, 15) is 9.59 Å². The molecule has 0 unspecified atom stereocenters. The summed E-state index contributed by atoms with van der Waals surface area (Å²) in [5, 5.41) is 0.671. The van der Waals surface area contributed by atoms with Crippen molar-refractivity contribution in [3.05, 3.63) is 59.1 Å². The van der Waals surface area contributed by atoms with Crippen molar-refractivity contribution in [3.63, 3.8) is 0 Å². The van der Waals surface area contributed by atoms with Crippen LogP contribution in [-0.4, -0.2) is 36.9 Å². The van der Waals surface area contributed by atoms with Crippen LogP contribution in [0, 0.1) is 0 Å². The minimum absolute atomic E-state index is 0.0356. The Balaban J connectivity index is 1.50. The van der Waals surface area contributed by atoms with Gasteiger partial charge in [0, 0.05) is 37.3 Å². The molecule has 0 aromatic heterocycles. The fourth-order valence-corrected chi connectivity index (χ4v) is 2.98. The number of anilines is 1. The predicted octanol–water partition coefficient (Wildman–Crippen LogP) is 3.50. The van der Waals surface area contributed by atoms with Gasteiger partial charge in [0.25, 0.3) is 5.91 Å². The molecule has 1 aliphatic rings. The number of carbonyl (C=O) groups excluding carboxylic acids is 2. The number of ether oxygens (including phenoxy) is 1. The van der Waals surface area contributed by atoms with Crippen molar-refractivity contribution in [2.75, 3.05) is 25.1 Å². The molecule has 2 aromatic carbocycles. The Morgan fingerprint density at radius 2 is 1.85 bits per heavy atom. The number of hydrogen-bond acceptors (Lipinski definition) is 3. The first-order valence-corrected chi connectivity index (χ1v) is 8.92. The van der Waals surface area contributed by atoms with Gasteiger partial charge in [0.05, 0.1) is 0 Å². The van der Waals surface area contributed by atoms with Crippen LogP contribution in [0.2, 0.25) is 5.02 Å². The second kappa shape index (κ2) is 8.23. The highest BCUT2D eigenvalue weighted by atomic mass is 35.5. The van der Waals surface area contributed by atoms with E-state index in [1.54, 1.807) is 41.1 Å². The largest absolute Gasteiger partial charge is 0.484 e. The number of hydrogen-bond donors (Lipinski definition) is 0.